The summed E-state index contributed by atoms with van der Waals surface area (Å²) in [7, 11) is 0. The summed E-state index contributed by atoms with van der Waals surface area (Å²) in [5, 5.41) is 3.47. The first-order chi connectivity index (χ1) is 11.6. The van der Waals surface area contributed by atoms with E-state index in [1.807, 2.05) is 6.07 Å². The zero-order valence-corrected chi connectivity index (χ0v) is 13.3. The summed E-state index contributed by atoms with van der Waals surface area (Å²) in [6.07, 6.45) is 1.43. The van der Waals surface area contributed by atoms with E-state index in [0.717, 1.165) is 4.88 Å². The number of amides is 1. The number of hydrogen-bond donors (Lipinski definition) is 2. The Bertz CT molecular complexity index is 832. The number of aromatic nitrogens is 1. The Morgan fingerprint density at radius 3 is 2.67 bits per heavy atom. The molecule has 0 unspecified atom stereocenters. The van der Waals surface area contributed by atoms with Crippen LogP contribution in [0.5, 0.6) is 10.8 Å². The molecule has 24 heavy (non-hydrogen) atoms. The van der Waals surface area contributed by atoms with Crippen molar-refractivity contribution in [2.45, 2.75) is 6.54 Å². The summed E-state index contributed by atoms with van der Waals surface area (Å²) >= 11 is 1.41. The van der Waals surface area contributed by atoms with Gasteiger partial charge in [0.05, 0.1) is 12.1 Å². The minimum absolute atomic E-state index is 0.225. The van der Waals surface area contributed by atoms with E-state index in [-0.39, 0.29) is 11.7 Å². The first-order valence-electron chi connectivity index (χ1n) is 7.12. The number of halogens is 1. The number of nitrogen functional groups attached to an aromatic ring is 1. The maximum Gasteiger partial charge on any atom is 0.253 e. The van der Waals surface area contributed by atoms with Gasteiger partial charge in [-0.15, -0.1) is 11.3 Å². The summed E-state index contributed by atoms with van der Waals surface area (Å²) in [4.78, 5) is 16.8. The molecule has 3 N–H and O–H groups in total. The van der Waals surface area contributed by atoms with Crippen LogP contribution in [0.1, 0.15) is 15.2 Å². The lowest BCUT2D eigenvalue weighted by molar-refractivity contribution is 0.0951. The zero-order chi connectivity index (χ0) is 16.9. The van der Waals surface area contributed by atoms with Gasteiger partial charge in [0.2, 0.25) is 0 Å². The van der Waals surface area contributed by atoms with Crippen molar-refractivity contribution in [3.05, 3.63) is 71.0 Å². The summed E-state index contributed by atoms with van der Waals surface area (Å²) < 4.78 is 18.5. The number of nitrogens with two attached hydrogens (primary N) is 1. The van der Waals surface area contributed by atoms with Gasteiger partial charge in [-0.2, -0.15) is 0 Å². The van der Waals surface area contributed by atoms with Gasteiger partial charge in [0, 0.05) is 11.1 Å². The van der Waals surface area contributed by atoms with E-state index in [2.05, 4.69) is 10.3 Å². The van der Waals surface area contributed by atoms with Gasteiger partial charge in [-0.05, 0) is 48.5 Å². The van der Waals surface area contributed by atoms with Crippen LogP contribution in [0.3, 0.4) is 0 Å². The van der Waals surface area contributed by atoms with Crippen LogP contribution >= 0.6 is 11.3 Å². The van der Waals surface area contributed by atoms with Crippen molar-refractivity contribution in [2.75, 3.05) is 5.73 Å². The maximum absolute atomic E-state index is 12.9. The number of hydrogen-bond acceptors (Lipinski definition) is 5. The molecule has 1 aromatic carbocycles. The zero-order valence-electron chi connectivity index (χ0n) is 12.5. The first kappa shape index (κ1) is 15.9. The molecule has 3 rings (SSSR count). The molecule has 0 fully saturated rings. The van der Waals surface area contributed by atoms with Gasteiger partial charge in [0.15, 0.2) is 5.06 Å². The molecule has 7 heteroatoms. The number of thiophene rings is 1. The molecule has 122 valence electrons. The van der Waals surface area contributed by atoms with Crippen LogP contribution in [0.2, 0.25) is 0 Å². The van der Waals surface area contributed by atoms with Crippen molar-refractivity contribution >= 4 is 23.1 Å². The molecule has 2 aromatic heterocycles. The summed E-state index contributed by atoms with van der Waals surface area (Å²) in [5.41, 5.74) is 5.94. The predicted octanol–water partition coefficient (Wildman–Crippen LogP) is 3.59. The van der Waals surface area contributed by atoms with Gasteiger partial charge in [0.1, 0.15) is 17.4 Å². The summed E-state index contributed by atoms with van der Waals surface area (Å²) in [5.74, 6) is 0.389. The number of nitrogens with one attached hydrogen (secondary N) is 1. The number of pyridine rings is 1. The molecule has 0 aliphatic heterocycles. The van der Waals surface area contributed by atoms with E-state index >= 15 is 0 Å². The molecule has 0 aliphatic carbocycles. The molecule has 3 aromatic rings. The summed E-state index contributed by atoms with van der Waals surface area (Å²) in [6, 6.07) is 12.7. The topological polar surface area (TPSA) is 77.2 Å². The van der Waals surface area contributed by atoms with Crippen molar-refractivity contribution in [2.24, 2.45) is 0 Å². The van der Waals surface area contributed by atoms with Crippen LogP contribution in [-0.4, -0.2) is 10.9 Å². The number of nitrogens with zero attached hydrogens (tertiary/aromatic N) is 1. The lowest BCUT2D eigenvalue weighted by Gasteiger charge is -2.04. The Hall–Kier alpha value is -2.93. The van der Waals surface area contributed by atoms with Gasteiger partial charge in [-0.1, -0.05) is 0 Å². The first-order valence-corrected chi connectivity index (χ1v) is 7.94. The molecule has 0 spiro atoms. The fourth-order valence-electron chi connectivity index (χ4n) is 1.94. The number of rotatable bonds is 5. The number of carbonyl (C=O) groups is 1. The van der Waals surface area contributed by atoms with Gasteiger partial charge in [-0.3, -0.25) is 4.79 Å². The minimum atomic E-state index is -0.311. The van der Waals surface area contributed by atoms with Crippen molar-refractivity contribution in [1.29, 1.82) is 0 Å². The van der Waals surface area contributed by atoms with E-state index in [1.165, 1.54) is 29.7 Å². The molecule has 0 bridgehead atoms. The Kier molecular flexibility index (Phi) is 4.72. The second kappa shape index (κ2) is 7.10. The predicted molar refractivity (Wildman–Crippen MR) is 90.6 cm³/mol. The quantitative estimate of drug-likeness (QED) is 0.742. The van der Waals surface area contributed by atoms with Crippen molar-refractivity contribution in [3.63, 3.8) is 0 Å². The van der Waals surface area contributed by atoms with Crippen LogP contribution in [0.15, 0.2) is 54.7 Å². The van der Waals surface area contributed by atoms with Crippen LogP contribution in [-0.2, 0) is 6.54 Å². The third-order valence-corrected chi connectivity index (χ3v) is 4.10. The van der Waals surface area contributed by atoms with E-state index in [9.17, 15) is 9.18 Å². The highest BCUT2D eigenvalue weighted by atomic mass is 32.1. The highest BCUT2D eigenvalue weighted by Gasteiger charge is 2.08. The fraction of sp³-hybridized carbons (Fsp3) is 0.0588. The van der Waals surface area contributed by atoms with Crippen LogP contribution < -0.4 is 15.8 Å². The number of benzene rings is 1. The molecular weight excluding hydrogens is 329 g/mol. The number of anilines is 1. The molecule has 5 nitrogen and oxygen atoms in total. The van der Waals surface area contributed by atoms with Crippen LogP contribution in [0, 0.1) is 5.82 Å². The number of ether oxygens (including phenoxy) is 1. The molecule has 0 aliphatic rings. The monoisotopic (exact) mass is 343 g/mol. The Balaban J connectivity index is 1.56. The highest BCUT2D eigenvalue weighted by Crippen LogP contribution is 2.29. The van der Waals surface area contributed by atoms with Gasteiger partial charge in [0.25, 0.3) is 5.91 Å². The van der Waals surface area contributed by atoms with Crippen LogP contribution in [0.25, 0.3) is 0 Å². The molecule has 0 saturated carbocycles. The lowest BCUT2D eigenvalue weighted by atomic mass is 10.2. The Morgan fingerprint density at radius 2 is 1.96 bits per heavy atom. The second-order valence-electron chi connectivity index (χ2n) is 4.93. The third-order valence-electron chi connectivity index (χ3n) is 3.14. The van der Waals surface area contributed by atoms with Gasteiger partial charge in [-0.25, -0.2) is 9.37 Å². The van der Waals surface area contributed by atoms with Crippen LogP contribution in [0.4, 0.5) is 10.2 Å². The fourth-order valence-corrected chi connectivity index (χ4v) is 2.75. The summed E-state index contributed by atoms with van der Waals surface area (Å²) in [6.45, 7) is 0.376. The van der Waals surface area contributed by atoms with E-state index in [1.54, 1.807) is 30.3 Å². The largest absolute Gasteiger partial charge is 0.447 e. The Labute approximate surface area is 141 Å². The second-order valence-corrected chi connectivity index (χ2v) is 6.06. The minimum Gasteiger partial charge on any atom is -0.447 e. The van der Waals surface area contributed by atoms with Gasteiger partial charge >= 0.3 is 0 Å². The molecule has 0 saturated heterocycles. The smallest absolute Gasteiger partial charge is 0.253 e. The SMILES string of the molecule is Nc1ccc(C(=O)NCc2ccc(Oc3ccc(F)cc3)s2)cn1. The lowest BCUT2D eigenvalue weighted by Crippen LogP contribution is -2.22. The standard InChI is InChI=1S/C17H14FN3O2S/c18-12-2-4-13(5-3-12)23-16-8-6-14(24-16)10-21-17(22)11-1-7-15(19)20-9-11/h1-9H,10H2,(H2,19,20)(H,21,22). The van der Waals surface area contributed by atoms with Crippen molar-refractivity contribution < 1.29 is 13.9 Å². The van der Waals surface area contributed by atoms with Crippen molar-refractivity contribution in [3.8, 4) is 10.8 Å². The van der Waals surface area contributed by atoms with Crippen molar-refractivity contribution in [1.82, 2.24) is 10.3 Å². The molecule has 1 amide bonds. The van der Waals surface area contributed by atoms with E-state index in [0.29, 0.717) is 28.7 Å². The van der Waals surface area contributed by atoms with Gasteiger partial charge < -0.3 is 15.8 Å². The molecule has 2 heterocycles. The molecular formula is C17H14FN3O2S. The number of carbonyl (C=O) groups excluding carboxylic acids is 1. The van der Waals surface area contributed by atoms with E-state index < -0.39 is 0 Å². The average Bonchev–Trinajstić information content (AvgIpc) is 3.03. The molecule has 0 atom stereocenters. The average molecular weight is 343 g/mol. The Morgan fingerprint density at radius 1 is 1.17 bits per heavy atom. The highest BCUT2D eigenvalue weighted by molar-refractivity contribution is 7.13. The molecule has 0 radical (unpaired) electrons. The normalized spacial score (nSPS) is 10.4. The maximum atomic E-state index is 12.9. The van der Waals surface area contributed by atoms with E-state index in [4.69, 9.17) is 10.5 Å². The third kappa shape index (κ3) is 4.08.